The van der Waals surface area contributed by atoms with Gasteiger partial charge in [-0.3, -0.25) is 10.1 Å². The van der Waals surface area contributed by atoms with E-state index in [0.29, 0.717) is 16.6 Å². The summed E-state index contributed by atoms with van der Waals surface area (Å²) < 4.78 is 19.0. The Balaban J connectivity index is 1.89. The maximum atomic E-state index is 13.2. The number of halogens is 2. The maximum Gasteiger partial charge on any atom is 0.269 e. The Morgan fingerprint density at radius 3 is 2.55 bits per heavy atom. The van der Waals surface area contributed by atoms with Crippen molar-refractivity contribution in [2.45, 2.75) is 6.42 Å². The molecule has 0 fully saturated rings. The fourth-order valence-corrected chi connectivity index (χ4v) is 1.84. The number of benzene rings is 1. The minimum atomic E-state index is -0.557. The van der Waals surface area contributed by atoms with Crippen molar-refractivity contribution in [3.05, 3.63) is 61.6 Å². The summed E-state index contributed by atoms with van der Waals surface area (Å²) in [5, 5.41) is 10.5. The van der Waals surface area contributed by atoms with Gasteiger partial charge in [-0.1, -0.05) is 12.1 Å². The van der Waals surface area contributed by atoms with E-state index in [2.05, 4.69) is 4.98 Å². The van der Waals surface area contributed by atoms with Crippen LogP contribution in [-0.4, -0.2) is 16.5 Å². The molecule has 0 bridgehead atoms. The summed E-state index contributed by atoms with van der Waals surface area (Å²) in [5.74, 6) is -0.330. The molecule has 20 heavy (non-hydrogen) atoms. The average molecular weight is 388 g/mol. The third-order valence-electron chi connectivity index (χ3n) is 2.57. The lowest BCUT2D eigenvalue weighted by molar-refractivity contribution is -0.384. The Morgan fingerprint density at radius 2 is 1.95 bits per heavy atom. The number of hydrogen-bond donors (Lipinski definition) is 0. The molecule has 0 N–H and O–H groups in total. The number of rotatable bonds is 5. The molecular formula is C13H10FIN2O3. The molecule has 1 heterocycles. The van der Waals surface area contributed by atoms with Gasteiger partial charge in [0.15, 0.2) is 0 Å². The molecule has 0 aliphatic heterocycles. The molecule has 0 radical (unpaired) electrons. The molecule has 0 amide bonds. The van der Waals surface area contributed by atoms with Gasteiger partial charge in [0.05, 0.1) is 15.1 Å². The van der Waals surface area contributed by atoms with Crippen LogP contribution >= 0.6 is 22.6 Å². The average Bonchev–Trinajstić information content (AvgIpc) is 2.43. The van der Waals surface area contributed by atoms with Crippen LogP contribution in [0.3, 0.4) is 0 Å². The standard InChI is InChI=1S/C13H10FIN2O3/c14-13-11(15)5-6-12(16-13)20-8-7-9-1-3-10(4-2-9)17(18)19/h1-6H,7-8H2. The minimum Gasteiger partial charge on any atom is -0.477 e. The molecule has 0 spiro atoms. The van der Waals surface area contributed by atoms with Gasteiger partial charge in [-0.2, -0.15) is 9.37 Å². The number of ether oxygens (including phenoxy) is 1. The predicted molar refractivity (Wildman–Crippen MR) is 79.2 cm³/mol. The molecule has 0 unspecified atom stereocenters. The van der Waals surface area contributed by atoms with Crippen LogP contribution in [-0.2, 0) is 6.42 Å². The normalized spacial score (nSPS) is 10.3. The first kappa shape index (κ1) is 14.6. The van der Waals surface area contributed by atoms with Gasteiger partial charge in [-0.15, -0.1) is 0 Å². The lowest BCUT2D eigenvalue weighted by Gasteiger charge is -2.05. The van der Waals surface area contributed by atoms with Crippen LogP contribution in [0.1, 0.15) is 5.56 Å². The second-order valence-electron chi connectivity index (χ2n) is 3.94. The van der Waals surface area contributed by atoms with E-state index in [-0.39, 0.29) is 11.6 Å². The molecule has 7 heteroatoms. The zero-order chi connectivity index (χ0) is 14.5. The Bertz CT molecular complexity index is 620. The fourth-order valence-electron chi connectivity index (χ4n) is 1.54. The summed E-state index contributed by atoms with van der Waals surface area (Å²) in [5.41, 5.74) is 0.956. The van der Waals surface area contributed by atoms with Crippen molar-refractivity contribution in [3.63, 3.8) is 0 Å². The number of hydrogen-bond acceptors (Lipinski definition) is 4. The highest BCUT2D eigenvalue weighted by atomic mass is 127. The van der Waals surface area contributed by atoms with Crippen LogP contribution < -0.4 is 4.74 Å². The highest BCUT2D eigenvalue weighted by Crippen LogP contribution is 2.15. The van der Waals surface area contributed by atoms with E-state index < -0.39 is 10.9 Å². The van der Waals surface area contributed by atoms with Gasteiger partial charge in [0.25, 0.3) is 5.69 Å². The van der Waals surface area contributed by atoms with Crippen molar-refractivity contribution < 1.29 is 14.1 Å². The third-order valence-corrected chi connectivity index (χ3v) is 3.37. The second-order valence-corrected chi connectivity index (χ2v) is 5.11. The van der Waals surface area contributed by atoms with E-state index in [9.17, 15) is 14.5 Å². The van der Waals surface area contributed by atoms with E-state index in [1.54, 1.807) is 24.3 Å². The fraction of sp³-hybridized carbons (Fsp3) is 0.154. The summed E-state index contributed by atoms with van der Waals surface area (Å²) in [6, 6.07) is 9.41. The molecule has 0 aliphatic carbocycles. The monoisotopic (exact) mass is 388 g/mol. The maximum absolute atomic E-state index is 13.2. The van der Waals surface area contributed by atoms with Crippen LogP contribution in [0.25, 0.3) is 0 Å². The number of pyridine rings is 1. The van der Waals surface area contributed by atoms with E-state index in [4.69, 9.17) is 4.74 Å². The van der Waals surface area contributed by atoms with E-state index >= 15 is 0 Å². The summed E-state index contributed by atoms with van der Waals surface area (Å²) in [6.07, 6.45) is 0.563. The molecule has 0 aliphatic rings. The van der Waals surface area contributed by atoms with E-state index in [1.165, 1.54) is 12.1 Å². The largest absolute Gasteiger partial charge is 0.477 e. The first-order valence-corrected chi connectivity index (χ1v) is 6.82. The summed E-state index contributed by atoms with van der Waals surface area (Å²) >= 11 is 1.85. The minimum absolute atomic E-state index is 0.0519. The Labute approximate surface area is 128 Å². The highest BCUT2D eigenvalue weighted by Gasteiger charge is 2.05. The summed E-state index contributed by atoms with van der Waals surface area (Å²) in [7, 11) is 0. The van der Waals surface area contributed by atoms with Gasteiger partial charge in [-0.05, 0) is 34.2 Å². The lowest BCUT2D eigenvalue weighted by Crippen LogP contribution is -2.04. The van der Waals surface area contributed by atoms with Crippen molar-refractivity contribution in [3.8, 4) is 5.88 Å². The quantitative estimate of drug-likeness (QED) is 0.341. The zero-order valence-corrected chi connectivity index (χ0v) is 12.4. The first-order valence-electron chi connectivity index (χ1n) is 5.74. The number of nitro benzene ring substituents is 1. The van der Waals surface area contributed by atoms with Crippen molar-refractivity contribution in [2.75, 3.05) is 6.61 Å². The summed E-state index contributed by atoms with van der Waals surface area (Å²) in [6.45, 7) is 0.324. The van der Waals surface area contributed by atoms with Gasteiger partial charge < -0.3 is 4.74 Å². The molecule has 0 atom stereocenters. The molecule has 2 aromatic rings. The van der Waals surface area contributed by atoms with Gasteiger partial charge in [0.2, 0.25) is 11.8 Å². The first-order chi connectivity index (χ1) is 9.56. The second kappa shape index (κ2) is 6.60. The molecule has 0 saturated heterocycles. The predicted octanol–water partition coefficient (Wildman–Crippen LogP) is 3.36. The Morgan fingerprint density at radius 1 is 1.25 bits per heavy atom. The van der Waals surface area contributed by atoms with Crippen molar-refractivity contribution in [1.29, 1.82) is 0 Å². The SMILES string of the molecule is O=[N+]([O-])c1ccc(CCOc2ccc(I)c(F)n2)cc1. The van der Waals surface area contributed by atoms with Gasteiger partial charge in [0.1, 0.15) is 0 Å². The number of nitrogens with zero attached hydrogens (tertiary/aromatic N) is 2. The van der Waals surface area contributed by atoms with Crippen LogP contribution in [0.2, 0.25) is 0 Å². The van der Waals surface area contributed by atoms with Crippen molar-refractivity contribution in [2.24, 2.45) is 0 Å². The lowest BCUT2D eigenvalue weighted by atomic mass is 10.1. The van der Waals surface area contributed by atoms with Gasteiger partial charge in [-0.25, -0.2) is 0 Å². The van der Waals surface area contributed by atoms with Gasteiger partial charge in [0, 0.05) is 24.6 Å². The summed E-state index contributed by atoms with van der Waals surface area (Å²) in [4.78, 5) is 13.7. The molecule has 2 rings (SSSR count). The highest BCUT2D eigenvalue weighted by molar-refractivity contribution is 14.1. The number of non-ortho nitro benzene ring substituents is 1. The molecule has 5 nitrogen and oxygen atoms in total. The van der Waals surface area contributed by atoms with Crippen LogP contribution in [0.5, 0.6) is 5.88 Å². The van der Waals surface area contributed by atoms with Crippen LogP contribution in [0.15, 0.2) is 36.4 Å². The third kappa shape index (κ3) is 3.86. The van der Waals surface area contributed by atoms with Crippen molar-refractivity contribution in [1.82, 2.24) is 4.98 Å². The zero-order valence-electron chi connectivity index (χ0n) is 10.3. The molecular weight excluding hydrogens is 378 g/mol. The number of aromatic nitrogens is 1. The smallest absolute Gasteiger partial charge is 0.269 e. The molecule has 104 valence electrons. The van der Waals surface area contributed by atoms with Crippen molar-refractivity contribution >= 4 is 28.3 Å². The molecule has 1 aromatic carbocycles. The number of nitro groups is 1. The Hall–Kier alpha value is -1.77. The van der Waals surface area contributed by atoms with E-state index in [1.807, 2.05) is 22.6 Å². The molecule has 0 saturated carbocycles. The Kier molecular flexibility index (Phi) is 4.83. The molecule has 1 aromatic heterocycles. The topological polar surface area (TPSA) is 65.3 Å². The van der Waals surface area contributed by atoms with Crippen LogP contribution in [0, 0.1) is 19.6 Å². The van der Waals surface area contributed by atoms with E-state index in [0.717, 1.165) is 5.56 Å². The van der Waals surface area contributed by atoms with Gasteiger partial charge >= 0.3 is 0 Å². The van der Waals surface area contributed by atoms with Crippen LogP contribution in [0.4, 0.5) is 10.1 Å².